The molecule has 0 fully saturated rings. The molecule has 0 aliphatic rings. The summed E-state index contributed by atoms with van der Waals surface area (Å²) in [7, 11) is 0. The van der Waals surface area contributed by atoms with Crippen LogP contribution in [0.5, 0.6) is 0 Å². The zero-order chi connectivity index (χ0) is 14.5. The van der Waals surface area contributed by atoms with Crippen molar-refractivity contribution >= 4 is 23.6 Å². The van der Waals surface area contributed by atoms with Crippen LogP contribution in [0.4, 0.5) is 5.69 Å². The summed E-state index contributed by atoms with van der Waals surface area (Å²) in [5.74, 6) is -1.23. The molecule has 20 heavy (non-hydrogen) atoms. The van der Waals surface area contributed by atoms with Gasteiger partial charge in [-0.15, -0.1) is 0 Å². The van der Waals surface area contributed by atoms with Crippen molar-refractivity contribution in [2.24, 2.45) is 0 Å². The summed E-state index contributed by atoms with van der Waals surface area (Å²) in [4.78, 5) is 26.1. The van der Waals surface area contributed by atoms with E-state index >= 15 is 0 Å². The molecule has 6 nitrogen and oxygen atoms in total. The highest BCUT2D eigenvalue weighted by Crippen LogP contribution is 2.13. The third-order valence-electron chi connectivity index (χ3n) is 2.54. The number of nitrogens with one attached hydrogen (secondary N) is 1. The van der Waals surface area contributed by atoms with Crippen molar-refractivity contribution in [1.82, 2.24) is 4.98 Å². The molecule has 0 atom stereocenters. The van der Waals surface area contributed by atoms with Crippen molar-refractivity contribution in [2.45, 2.75) is 6.92 Å². The number of rotatable bonds is 4. The van der Waals surface area contributed by atoms with E-state index in [1.165, 1.54) is 12.5 Å². The fourth-order valence-corrected chi connectivity index (χ4v) is 1.55. The number of carboxylic acid groups (broad SMARTS) is 1. The summed E-state index contributed by atoms with van der Waals surface area (Å²) in [6.07, 6.45) is 3.73. The van der Waals surface area contributed by atoms with E-state index in [2.05, 4.69) is 10.3 Å². The zero-order valence-electron chi connectivity index (χ0n) is 10.7. The molecule has 0 saturated carbocycles. The van der Waals surface area contributed by atoms with Crippen LogP contribution in [0.15, 0.2) is 41.2 Å². The number of aromatic nitrogens is 1. The Morgan fingerprint density at radius 2 is 2.00 bits per heavy atom. The second-order valence-corrected chi connectivity index (χ2v) is 4.01. The van der Waals surface area contributed by atoms with Crippen LogP contribution < -0.4 is 5.32 Å². The number of carbonyl (C=O) groups excluding carboxylic acids is 1. The highest BCUT2D eigenvalue weighted by atomic mass is 16.4. The lowest BCUT2D eigenvalue weighted by atomic mass is 10.2. The van der Waals surface area contributed by atoms with E-state index < -0.39 is 5.97 Å². The second kappa shape index (κ2) is 5.83. The smallest absolute Gasteiger partial charge is 0.328 e. The van der Waals surface area contributed by atoms with E-state index in [0.29, 0.717) is 11.4 Å². The average Bonchev–Trinajstić information content (AvgIpc) is 2.84. The Bertz CT molecular complexity index is 656. The normalized spacial score (nSPS) is 10.7. The number of hydrogen-bond donors (Lipinski definition) is 2. The molecule has 6 heteroatoms. The Labute approximate surface area is 114 Å². The zero-order valence-corrected chi connectivity index (χ0v) is 10.7. The van der Waals surface area contributed by atoms with Gasteiger partial charge in [0, 0.05) is 11.8 Å². The molecule has 1 heterocycles. The van der Waals surface area contributed by atoms with Crippen LogP contribution >= 0.6 is 0 Å². The minimum Gasteiger partial charge on any atom is -0.478 e. The van der Waals surface area contributed by atoms with Gasteiger partial charge in [-0.25, -0.2) is 9.78 Å². The predicted octanol–water partition coefficient (Wildman–Crippen LogP) is 2.33. The van der Waals surface area contributed by atoms with Crippen molar-refractivity contribution in [3.8, 4) is 0 Å². The van der Waals surface area contributed by atoms with Gasteiger partial charge in [0.15, 0.2) is 6.39 Å². The molecular formula is C14H12N2O4. The van der Waals surface area contributed by atoms with Gasteiger partial charge < -0.3 is 14.8 Å². The van der Waals surface area contributed by atoms with Gasteiger partial charge in [0.2, 0.25) is 5.76 Å². The third kappa shape index (κ3) is 3.32. The lowest BCUT2D eigenvalue weighted by Gasteiger charge is -2.03. The highest BCUT2D eigenvalue weighted by molar-refractivity contribution is 6.02. The largest absolute Gasteiger partial charge is 0.478 e. The maximum absolute atomic E-state index is 11.9. The molecule has 0 spiro atoms. The standard InChI is InChI=1S/C14H12N2O4/c1-9-13(20-8-15-9)14(19)16-11-5-2-10(3-6-11)4-7-12(17)18/h2-8H,1H3,(H,16,19)(H,17,18)/b7-4+. The van der Waals surface area contributed by atoms with E-state index in [-0.39, 0.29) is 11.7 Å². The van der Waals surface area contributed by atoms with Crippen molar-refractivity contribution in [2.75, 3.05) is 5.32 Å². The molecule has 0 unspecified atom stereocenters. The van der Waals surface area contributed by atoms with Crippen LogP contribution in [0, 0.1) is 6.92 Å². The molecule has 102 valence electrons. The molecule has 1 amide bonds. The summed E-state index contributed by atoms with van der Waals surface area (Å²) < 4.78 is 4.99. The summed E-state index contributed by atoms with van der Waals surface area (Å²) >= 11 is 0. The van der Waals surface area contributed by atoms with Gasteiger partial charge in [-0.1, -0.05) is 12.1 Å². The monoisotopic (exact) mass is 272 g/mol. The SMILES string of the molecule is Cc1ncoc1C(=O)Nc1ccc(/C=C/C(=O)O)cc1. The van der Waals surface area contributed by atoms with Crippen molar-refractivity contribution in [1.29, 1.82) is 0 Å². The molecule has 0 aliphatic carbocycles. The van der Waals surface area contributed by atoms with E-state index in [0.717, 1.165) is 11.6 Å². The molecule has 0 radical (unpaired) electrons. The number of anilines is 1. The number of carboxylic acids is 1. The Hall–Kier alpha value is -2.89. The minimum absolute atomic E-state index is 0.167. The van der Waals surface area contributed by atoms with Crippen LogP contribution in [-0.4, -0.2) is 22.0 Å². The fourth-order valence-electron chi connectivity index (χ4n) is 1.55. The number of aliphatic carboxylic acids is 1. The Morgan fingerprint density at radius 3 is 2.55 bits per heavy atom. The molecular weight excluding hydrogens is 260 g/mol. The topological polar surface area (TPSA) is 92.4 Å². The quantitative estimate of drug-likeness (QED) is 0.833. The number of hydrogen-bond acceptors (Lipinski definition) is 4. The third-order valence-corrected chi connectivity index (χ3v) is 2.54. The van der Waals surface area contributed by atoms with Crippen molar-refractivity contribution in [3.05, 3.63) is 53.8 Å². The first-order valence-corrected chi connectivity index (χ1v) is 5.79. The van der Waals surface area contributed by atoms with Gasteiger partial charge in [-0.05, 0) is 30.7 Å². The van der Waals surface area contributed by atoms with E-state index in [4.69, 9.17) is 9.52 Å². The maximum atomic E-state index is 11.9. The highest BCUT2D eigenvalue weighted by Gasteiger charge is 2.13. The predicted molar refractivity (Wildman–Crippen MR) is 72.3 cm³/mol. The van der Waals surface area contributed by atoms with Gasteiger partial charge in [0.1, 0.15) is 0 Å². The number of amides is 1. The average molecular weight is 272 g/mol. The fraction of sp³-hybridized carbons (Fsp3) is 0.0714. The minimum atomic E-state index is -1.01. The van der Waals surface area contributed by atoms with Crippen LogP contribution in [0.25, 0.3) is 6.08 Å². The Morgan fingerprint density at radius 1 is 1.30 bits per heavy atom. The van der Waals surface area contributed by atoms with Gasteiger partial charge in [-0.3, -0.25) is 4.79 Å². The van der Waals surface area contributed by atoms with Crippen molar-refractivity contribution in [3.63, 3.8) is 0 Å². The van der Waals surface area contributed by atoms with Gasteiger partial charge in [-0.2, -0.15) is 0 Å². The Balaban J connectivity index is 2.06. The van der Waals surface area contributed by atoms with Gasteiger partial charge in [0.05, 0.1) is 5.69 Å². The molecule has 0 saturated heterocycles. The molecule has 0 aliphatic heterocycles. The summed E-state index contributed by atoms with van der Waals surface area (Å²) in [6.45, 7) is 1.68. The number of benzene rings is 1. The van der Waals surface area contributed by atoms with E-state index in [1.807, 2.05) is 0 Å². The summed E-state index contributed by atoms with van der Waals surface area (Å²) in [5, 5.41) is 11.2. The first kappa shape index (κ1) is 13.5. The molecule has 2 aromatic rings. The van der Waals surface area contributed by atoms with E-state index in [1.54, 1.807) is 31.2 Å². The van der Waals surface area contributed by atoms with Gasteiger partial charge in [0.25, 0.3) is 5.91 Å². The van der Waals surface area contributed by atoms with Crippen LogP contribution in [0.1, 0.15) is 21.8 Å². The molecule has 2 rings (SSSR count). The number of aryl methyl sites for hydroxylation is 1. The molecule has 1 aromatic carbocycles. The molecule has 2 N–H and O–H groups in total. The summed E-state index contributed by atoms with van der Waals surface area (Å²) in [6, 6.07) is 6.74. The molecule has 0 bridgehead atoms. The first-order chi connectivity index (χ1) is 9.56. The second-order valence-electron chi connectivity index (χ2n) is 4.01. The lowest BCUT2D eigenvalue weighted by Crippen LogP contribution is -2.12. The number of oxazole rings is 1. The molecule has 1 aromatic heterocycles. The first-order valence-electron chi connectivity index (χ1n) is 5.79. The van der Waals surface area contributed by atoms with Crippen LogP contribution in [0.2, 0.25) is 0 Å². The summed E-state index contributed by atoms with van der Waals surface area (Å²) in [5.41, 5.74) is 1.82. The number of nitrogens with zero attached hydrogens (tertiary/aromatic N) is 1. The van der Waals surface area contributed by atoms with Crippen LogP contribution in [-0.2, 0) is 4.79 Å². The van der Waals surface area contributed by atoms with Crippen LogP contribution in [0.3, 0.4) is 0 Å². The van der Waals surface area contributed by atoms with Crippen molar-refractivity contribution < 1.29 is 19.1 Å². The maximum Gasteiger partial charge on any atom is 0.328 e. The van der Waals surface area contributed by atoms with Gasteiger partial charge >= 0.3 is 5.97 Å². The van der Waals surface area contributed by atoms with E-state index in [9.17, 15) is 9.59 Å². The number of carbonyl (C=O) groups is 2. The lowest BCUT2D eigenvalue weighted by molar-refractivity contribution is -0.131. The Kier molecular flexibility index (Phi) is 3.95.